The molecule has 1 saturated carbocycles. The fraction of sp³-hybridized carbons (Fsp3) is 0.625. The van der Waals surface area contributed by atoms with Crippen LogP contribution in [-0.4, -0.2) is 24.5 Å². The Hall–Kier alpha value is -1.65. The quantitative estimate of drug-likeness (QED) is 0.118. The maximum absolute atomic E-state index is 5.65. The van der Waals surface area contributed by atoms with Crippen molar-refractivity contribution in [2.45, 2.75) is 110 Å². The summed E-state index contributed by atoms with van der Waals surface area (Å²) in [5.74, 6) is 1.70. The first kappa shape index (κ1) is 36.5. The van der Waals surface area contributed by atoms with Crippen LogP contribution in [-0.2, 0) is 9.47 Å². The lowest BCUT2D eigenvalue weighted by molar-refractivity contribution is 0.212. The third-order valence-corrected chi connectivity index (χ3v) is 7.87. The van der Waals surface area contributed by atoms with E-state index in [1.54, 1.807) is 7.11 Å². The average molecular weight is 520 g/mol. The smallest absolute Gasteiger partial charge is 0.106 e. The van der Waals surface area contributed by atoms with Crippen LogP contribution < -0.4 is 4.72 Å². The van der Waals surface area contributed by atoms with Gasteiger partial charge in [-0.2, -0.15) is 0 Å². The standard InChI is InChI=1S/C25H43NO2S.C5H10.C2H4/c1-8-16-24(6,9-2)17-12-11-15-23(22(5)27-7)26-29-25(18-13-14-19-25)20-21(4)28-10-3;1-3-5-4-2;1-2/h8,12,17,23,26H,1,4-5,9-11,13-16,18-20H2,2-3,6-7H3;3,5H,4H2,1-2H3;1-2H2/b17-12-;5-3-;/t23-,24?;;/m1../s1. The Labute approximate surface area is 229 Å². The highest BCUT2D eigenvalue weighted by molar-refractivity contribution is 7.98. The largest absolute Gasteiger partial charge is 0.500 e. The second-order valence-corrected chi connectivity index (χ2v) is 10.7. The van der Waals surface area contributed by atoms with Crippen molar-refractivity contribution < 1.29 is 9.47 Å². The van der Waals surface area contributed by atoms with Crippen molar-refractivity contribution in [2.24, 2.45) is 5.41 Å². The van der Waals surface area contributed by atoms with E-state index in [-0.39, 0.29) is 16.2 Å². The summed E-state index contributed by atoms with van der Waals surface area (Å²) in [6.45, 7) is 29.5. The monoisotopic (exact) mass is 519 g/mol. The van der Waals surface area contributed by atoms with Crippen molar-refractivity contribution in [3.63, 3.8) is 0 Å². The van der Waals surface area contributed by atoms with Gasteiger partial charge in [0.05, 0.1) is 25.5 Å². The number of allylic oxidation sites excluding steroid dienone is 6. The van der Waals surface area contributed by atoms with Crippen LogP contribution in [0.25, 0.3) is 0 Å². The Morgan fingerprint density at radius 1 is 1.14 bits per heavy atom. The Bertz CT molecular complexity index is 649. The minimum Gasteiger partial charge on any atom is -0.500 e. The zero-order valence-corrected chi connectivity index (χ0v) is 25.3. The van der Waals surface area contributed by atoms with E-state index >= 15 is 0 Å². The van der Waals surface area contributed by atoms with E-state index in [4.69, 9.17) is 9.47 Å². The average Bonchev–Trinajstić information content (AvgIpc) is 3.33. The summed E-state index contributed by atoms with van der Waals surface area (Å²) in [6, 6.07) is 0.125. The molecule has 0 saturated heterocycles. The molecule has 0 spiro atoms. The van der Waals surface area contributed by atoms with E-state index in [1.165, 1.54) is 25.7 Å². The van der Waals surface area contributed by atoms with Gasteiger partial charge in [-0.15, -0.1) is 19.7 Å². The molecular formula is C32H57NO2S. The number of hydrogen-bond donors (Lipinski definition) is 1. The zero-order valence-electron chi connectivity index (χ0n) is 24.5. The SMILES string of the molecule is C/C=C\CC.C=C.C=CCC(C)(/C=C\CC[C@@H](NSC1(CC(=C)OCC)CCCC1)C(=C)OC)CC. The molecule has 0 heterocycles. The van der Waals surface area contributed by atoms with Crippen LogP contribution in [0.15, 0.2) is 74.8 Å². The molecule has 208 valence electrons. The second-order valence-electron chi connectivity index (χ2n) is 9.44. The van der Waals surface area contributed by atoms with Gasteiger partial charge in [-0.25, -0.2) is 0 Å². The number of methoxy groups -OCH3 is 1. The summed E-state index contributed by atoms with van der Waals surface area (Å²) >= 11 is 1.84. The van der Waals surface area contributed by atoms with Crippen molar-refractivity contribution >= 4 is 11.9 Å². The van der Waals surface area contributed by atoms with E-state index in [0.29, 0.717) is 6.61 Å². The first-order chi connectivity index (χ1) is 17.2. The molecular weight excluding hydrogens is 462 g/mol. The second kappa shape index (κ2) is 22.5. The van der Waals surface area contributed by atoms with E-state index in [9.17, 15) is 0 Å². The summed E-state index contributed by atoms with van der Waals surface area (Å²) in [5.41, 5.74) is 0.200. The number of rotatable bonds is 17. The minimum atomic E-state index is 0.125. The number of nitrogens with one attached hydrogen (secondary N) is 1. The highest BCUT2D eigenvalue weighted by atomic mass is 32.2. The van der Waals surface area contributed by atoms with Crippen molar-refractivity contribution in [3.05, 3.63) is 74.8 Å². The Morgan fingerprint density at radius 3 is 2.22 bits per heavy atom. The summed E-state index contributed by atoms with van der Waals surface area (Å²) < 4.78 is 15.0. The van der Waals surface area contributed by atoms with Crippen LogP contribution in [0.2, 0.25) is 0 Å². The molecule has 36 heavy (non-hydrogen) atoms. The summed E-state index contributed by atoms with van der Waals surface area (Å²) in [4.78, 5) is 0. The minimum absolute atomic E-state index is 0.125. The molecule has 0 aromatic carbocycles. The lowest BCUT2D eigenvalue weighted by atomic mass is 9.83. The third kappa shape index (κ3) is 16.2. The molecule has 1 fully saturated rings. The molecule has 0 amide bonds. The number of ether oxygens (including phenoxy) is 2. The van der Waals surface area contributed by atoms with Crippen LogP contribution >= 0.6 is 11.9 Å². The Kier molecular flexibility index (Phi) is 22.9. The van der Waals surface area contributed by atoms with Crippen LogP contribution in [0, 0.1) is 5.41 Å². The normalized spacial score (nSPS) is 16.7. The molecule has 0 aliphatic heterocycles. The molecule has 0 radical (unpaired) electrons. The molecule has 1 N–H and O–H groups in total. The van der Waals surface area contributed by atoms with Crippen LogP contribution in [0.3, 0.4) is 0 Å². The molecule has 4 heteroatoms. The Morgan fingerprint density at radius 2 is 1.78 bits per heavy atom. The predicted octanol–water partition coefficient (Wildman–Crippen LogP) is 10.1. The summed E-state index contributed by atoms with van der Waals surface area (Å²) in [6.07, 6.45) is 21.9. The van der Waals surface area contributed by atoms with Gasteiger partial charge in [0.15, 0.2) is 0 Å². The van der Waals surface area contributed by atoms with Gasteiger partial charge < -0.3 is 9.47 Å². The summed E-state index contributed by atoms with van der Waals surface area (Å²) in [7, 11) is 1.71. The Balaban J connectivity index is 0. The van der Waals surface area contributed by atoms with Gasteiger partial charge in [-0.05, 0) is 64.2 Å². The molecule has 1 aliphatic rings. The summed E-state index contributed by atoms with van der Waals surface area (Å²) in [5, 5.41) is 0. The van der Waals surface area contributed by atoms with Gasteiger partial charge in [0, 0.05) is 11.2 Å². The number of hydrogen-bond acceptors (Lipinski definition) is 4. The van der Waals surface area contributed by atoms with Crippen LogP contribution in [0.1, 0.15) is 98.8 Å². The lowest BCUT2D eigenvalue weighted by Gasteiger charge is -2.31. The molecule has 1 aliphatic carbocycles. The fourth-order valence-corrected chi connectivity index (χ4v) is 5.47. The maximum Gasteiger partial charge on any atom is 0.106 e. The van der Waals surface area contributed by atoms with Gasteiger partial charge in [0.1, 0.15) is 5.76 Å². The molecule has 1 unspecified atom stereocenters. The van der Waals surface area contributed by atoms with Crippen LogP contribution in [0.5, 0.6) is 0 Å². The first-order valence-electron chi connectivity index (χ1n) is 13.6. The molecule has 2 atom stereocenters. The third-order valence-electron chi connectivity index (χ3n) is 6.48. The van der Waals surface area contributed by atoms with Crippen molar-refractivity contribution in [1.82, 2.24) is 4.72 Å². The molecule has 0 aromatic rings. The van der Waals surface area contributed by atoms with Gasteiger partial charge in [0.2, 0.25) is 0 Å². The fourth-order valence-electron chi connectivity index (χ4n) is 4.10. The van der Waals surface area contributed by atoms with Gasteiger partial charge in [-0.1, -0.05) is 89.1 Å². The molecule has 0 aromatic heterocycles. The van der Waals surface area contributed by atoms with E-state index in [0.717, 1.165) is 50.0 Å². The van der Waals surface area contributed by atoms with Crippen molar-refractivity contribution in [2.75, 3.05) is 13.7 Å². The first-order valence-corrected chi connectivity index (χ1v) is 14.4. The lowest BCUT2D eigenvalue weighted by Crippen LogP contribution is -2.33. The van der Waals surface area contributed by atoms with Crippen LogP contribution in [0.4, 0.5) is 0 Å². The topological polar surface area (TPSA) is 30.5 Å². The van der Waals surface area contributed by atoms with Crippen molar-refractivity contribution in [1.29, 1.82) is 0 Å². The zero-order chi connectivity index (χ0) is 27.9. The highest BCUT2D eigenvalue weighted by Crippen LogP contribution is 2.45. The van der Waals surface area contributed by atoms with E-state index in [1.807, 2.05) is 31.9 Å². The van der Waals surface area contributed by atoms with Gasteiger partial charge in [0.25, 0.3) is 0 Å². The molecule has 0 bridgehead atoms. The van der Waals surface area contributed by atoms with Gasteiger partial charge in [-0.3, -0.25) is 4.72 Å². The van der Waals surface area contributed by atoms with E-state index in [2.05, 4.69) is 82.7 Å². The highest BCUT2D eigenvalue weighted by Gasteiger charge is 2.36. The van der Waals surface area contributed by atoms with Gasteiger partial charge >= 0.3 is 0 Å². The maximum atomic E-state index is 5.65. The predicted molar refractivity (Wildman–Crippen MR) is 165 cm³/mol. The van der Waals surface area contributed by atoms with Crippen molar-refractivity contribution in [3.8, 4) is 0 Å². The molecule has 3 nitrogen and oxygen atoms in total. The molecule has 1 rings (SSSR count). The van der Waals surface area contributed by atoms with E-state index < -0.39 is 0 Å².